The predicted molar refractivity (Wildman–Crippen MR) is 127 cm³/mol. The molecule has 1 aliphatic carbocycles. The number of rotatable bonds is 6. The summed E-state index contributed by atoms with van der Waals surface area (Å²) >= 11 is 0. The Labute approximate surface area is 197 Å². The number of fused-ring (bicyclic) bond motifs is 1. The van der Waals surface area contributed by atoms with Gasteiger partial charge < -0.3 is 25.0 Å². The number of methoxy groups -OCH3 is 1. The van der Waals surface area contributed by atoms with Gasteiger partial charge in [0.25, 0.3) is 5.91 Å². The van der Waals surface area contributed by atoms with E-state index in [-0.39, 0.29) is 30.5 Å². The highest BCUT2D eigenvalue weighted by Gasteiger charge is 2.46. The zero-order valence-corrected chi connectivity index (χ0v) is 19.7. The molecule has 182 valence electrons. The lowest BCUT2D eigenvalue weighted by atomic mass is 9.92. The van der Waals surface area contributed by atoms with Crippen molar-refractivity contribution in [1.29, 1.82) is 0 Å². The summed E-state index contributed by atoms with van der Waals surface area (Å²) in [6, 6.07) is 4.53. The Morgan fingerprint density at radius 3 is 2.71 bits per heavy atom. The highest BCUT2D eigenvalue weighted by molar-refractivity contribution is 6.03. The minimum absolute atomic E-state index is 0.0581. The highest BCUT2D eigenvalue weighted by atomic mass is 19.1. The fraction of sp³-hybridized carbons (Fsp3) is 0.500. The number of nitrogens with one attached hydrogen (secondary N) is 1. The van der Waals surface area contributed by atoms with E-state index in [1.165, 1.54) is 30.3 Å². The number of aromatic nitrogens is 2. The number of carbonyl (C=O) groups is 2. The largest absolute Gasteiger partial charge is 0.495 e. The van der Waals surface area contributed by atoms with Gasteiger partial charge in [0.05, 0.1) is 31.1 Å². The van der Waals surface area contributed by atoms with E-state index in [1.54, 1.807) is 20.0 Å². The Bertz CT molecular complexity index is 1090. The number of carboxylic acid groups (broad SMARTS) is 1. The van der Waals surface area contributed by atoms with Crippen molar-refractivity contribution in [2.24, 2.45) is 0 Å². The van der Waals surface area contributed by atoms with E-state index in [0.29, 0.717) is 22.9 Å². The molecule has 1 unspecified atom stereocenters. The number of carboxylic acids is 1. The Morgan fingerprint density at radius 2 is 2.06 bits per heavy atom. The molecule has 2 N–H and O–H groups in total. The zero-order chi connectivity index (χ0) is 24.5. The first-order valence-electron chi connectivity index (χ1n) is 11.6. The molecule has 1 aromatic carbocycles. The minimum Gasteiger partial charge on any atom is -0.495 e. The molecule has 34 heavy (non-hydrogen) atoms. The summed E-state index contributed by atoms with van der Waals surface area (Å²) in [6.45, 7) is 1.63. The van der Waals surface area contributed by atoms with Crippen LogP contribution in [0.1, 0.15) is 55.8 Å². The number of anilines is 4. The predicted octanol–water partition coefficient (Wildman–Crippen LogP) is 4.16. The second-order valence-corrected chi connectivity index (χ2v) is 8.85. The lowest BCUT2D eigenvalue weighted by molar-refractivity contribution is -0.129. The van der Waals surface area contributed by atoms with Crippen LogP contribution < -0.4 is 19.9 Å². The summed E-state index contributed by atoms with van der Waals surface area (Å²) in [5, 5.41) is 12.3. The van der Waals surface area contributed by atoms with Crippen molar-refractivity contribution in [3.63, 3.8) is 0 Å². The van der Waals surface area contributed by atoms with Crippen LogP contribution in [0.4, 0.5) is 27.5 Å². The molecule has 1 aliphatic heterocycles. The molecule has 1 aromatic heterocycles. The van der Waals surface area contributed by atoms with Gasteiger partial charge in [-0.1, -0.05) is 26.2 Å². The summed E-state index contributed by atoms with van der Waals surface area (Å²) in [5.74, 6) is -0.583. The van der Waals surface area contributed by atoms with Crippen LogP contribution in [-0.4, -0.2) is 59.4 Å². The van der Waals surface area contributed by atoms with Crippen LogP contribution >= 0.6 is 0 Å². The standard InChI is InChI=1S/C24H30FN5O4/c1-4-24(25)14-30(16-8-6-5-7-9-16)20-18(29(2)22(24)33)13-26-23(28-20)27-17-11-10-15(21(31)32)12-19(17)34-3/h10-13,16H,4-9,14H2,1-3H3,(H,31,32)(H,26,27,28). The van der Waals surface area contributed by atoms with Gasteiger partial charge in [0.15, 0.2) is 5.82 Å². The van der Waals surface area contributed by atoms with E-state index in [2.05, 4.69) is 10.3 Å². The number of hydrogen-bond donors (Lipinski definition) is 2. The van der Waals surface area contributed by atoms with Crippen molar-refractivity contribution >= 4 is 35.0 Å². The third-order valence-electron chi connectivity index (χ3n) is 6.76. The summed E-state index contributed by atoms with van der Waals surface area (Å²) < 4.78 is 21.2. The number of nitrogens with zero attached hydrogens (tertiary/aromatic N) is 4. The number of carbonyl (C=O) groups excluding carboxylic acids is 1. The average Bonchev–Trinajstić information content (AvgIpc) is 2.94. The number of amides is 1. The van der Waals surface area contributed by atoms with Gasteiger partial charge in [0.1, 0.15) is 11.4 Å². The Kier molecular flexibility index (Phi) is 6.58. The quantitative estimate of drug-likeness (QED) is 0.647. The molecule has 1 amide bonds. The molecule has 4 rings (SSSR count). The molecule has 0 bridgehead atoms. The van der Waals surface area contributed by atoms with E-state index in [4.69, 9.17) is 9.72 Å². The highest BCUT2D eigenvalue weighted by Crippen LogP contribution is 2.40. The Balaban J connectivity index is 1.75. The van der Waals surface area contributed by atoms with Gasteiger partial charge in [-0.05, 0) is 37.5 Å². The van der Waals surface area contributed by atoms with Gasteiger partial charge in [-0.3, -0.25) is 4.79 Å². The van der Waals surface area contributed by atoms with Crippen molar-refractivity contribution in [3.8, 4) is 5.75 Å². The van der Waals surface area contributed by atoms with Crippen LogP contribution in [0.5, 0.6) is 5.75 Å². The molecule has 2 aromatic rings. The lowest BCUT2D eigenvalue weighted by Crippen LogP contribution is -2.51. The van der Waals surface area contributed by atoms with E-state index >= 15 is 4.39 Å². The summed E-state index contributed by atoms with van der Waals surface area (Å²) in [4.78, 5) is 36.6. The monoisotopic (exact) mass is 471 g/mol. The van der Waals surface area contributed by atoms with E-state index in [9.17, 15) is 14.7 Å². The van der Waals surface area contributed by atoms with Gasteiger partial charge in [-0.15, -0.1) is 0 Å². The molecule has 0 spiro atoms. The molecule has 1 fully saturated rings. The molecule has 0 radical (unpaired) electrons. The minimum atomic E-state index is -2.02. The maximum atomic E-state index is 15.9. The normalized spacial score (nSPS) is 21.1. The topological polar surface area (TPSA) is 108 Å². The van der Waals surface area contributed by atoms with Crippen molar-refractivity contribution in [2.75, 3.05) is 35.8 Å². The van der Waals surface area contributed by atoms with Crippen molar-refractivity contribution in [3.05, 3.63) is 30.0 Å². The van der Waals surface area contributed by atoms with E-state index in [1.807, 2.05) is 4.90 Å². The number of hydrogen-bond acceptors (Lipinski definition) is 7. The van der Waals surface area contributed by atoms with Crippen LogP contribution in [0.25, 0.3) is 0 Å². The Hall–Kier alpha value is -3.43. The second kappa shape index (κ2) is 9.44. The van der Waals surface area contributed by atoms with Gasteiger partial charge >= 0.3 is 5.97 Å². The molecule has 9 nitrogen and oxygen atoms in total. The first kappa shape index (κ1) is 23.7. The number of alkyl halides is 1. The van der Waals surface area contributed by atoms with E-state index < -0.39 is 17.5 Å². The van der Waals surface area contributed by atoms with Gasteiger partial charge in [-0.25, -0.2) is 14.2 Å². The van der Waals surface area contributed by atoms with Crippen molar-refractivity contribution in [1.82, 2.24) is 9.97 Å². The first-order chi connectivity index (χ1) is 16.3. The number of benzene rings is 1. The summed E-state index contributed by atoms with van der Waals surface area (Å²) in [7, 11) is 3.00. The zero-order valence-electron chi connectivity index (χ0n) is 19.7. The fourth-order valence-electron chi connectivity index (χ4n) is 4.70. The molecule has 2 heterocycles. The SMILES string of the molecule is CCC1(F)CN(C2CCCCC2)c2nc(Nc3ccc(C(=O)O)cc3OC)ncc2N(C)C1=O. The fourth-order valence-corrected chi connectivity index (χ4v) is 4.70. The summed E-state index contributed by atoms with van der Waals surface area (Å²) in [5.41, 5.74) is -0.978. The molecule has 1 saturated carbocycles. The van der Waals surface area contributed by atoms with Gasteiger partial charge in [0.2, 0.25) is 11.6 Å². The van der Waals surface area contributed by atoms with Crippen LogP contribution in [-0.2, 0) is 4.79 Å². The first-order valence-corrected chi connectivity index (χ1v) is 11.6. The second-order valence-electron chi connectivity index (χ2n) is 8.85. The maximum Gasteiger partial charge on any atom is 0.335 e. The average molecular weight is 472 g/mol. The van der Waals surface area contributed by atoms with Crippen LogP contribution in [0.15, 0.2) is 24.4 Å². The number of ether oxygens (including phenoxy) is 1. The van der Waals surface area contributed by atoms with Gasteiger partial charge in [0, 0.05) is 13.1 Å². The molecule has 10 heteroatoms. The van der Waals surface area contributed by atoms with Crippen LogP contribution in [0.2, 0.25) is 0 Å². The summed E-state index contributed by atoms with van der Waals surface area (Å²) in [6.07, 6.45) is 6.66. The smallest absolute Gasteiger partial charge is 0.335 e. The third kappa shape index (κ3) is 4.36. The molecular weight excluding hydrogens is 441 g/mol. The Morgan fingerprint density at radius 1 is 1.32 bits per heavy atom. The van der Waals surface area contributed by atoms with Gasteiger partial charge in [-0.2, -0.15) is 4.98 Å². The lowest BCUT2D eigenvalue weighted by Gasteiger charge is -2.37. The third-order valence-corrected chi connectivity index (χ3v) is 6.76. The number of aromatic carboxylic acids is 1. The molecule has 1 atom stereocenters. The number of halogens is 1. The molecular formula is C24H30FN5O4. The molecule has 2 aliphatic rings. The van der Waals surface area contributed by atoms with Crippen LogP contribution in [0.3, 0.4) is 0 Å². The van der Waals surface area contributed by atoms with Crippen molar-refractivity contribution in [2.45, 2.75) is 57.2 Å². The van der Waals surface area contributed by atoms with Crippen LogP contribution in [0, 0.1) is 0 Å². The van der Waals surface area contributed by atoms with E-state index in [0.717, 1.165) is 32.1 Å². The molecule has 0 saturated heterocycles. The maximum absolute atomic E-state index is 15.9. The van der Waals surface area contributed by atoms with Crippen molar-refractivity contribution < 1.29 is 23.8 Å².